The van der Waals surface area contributed by atoms with Crippen molar-refractivity contribution in [2.24, 2.45) is 5.10 Å². The highest BCUT2D eigenvalue weighted by molar-refractivity contribution is 7.14. The van der Waals surface area contributed by atoms with E-state index in [2.05, 4.69) is 15.8 Å². The second-order valence-electron chi connectivity index (χ2n) is 4.36. The lowest BCUT2D eigenvalue weighted by molar-refractivity contribution is -0.119. The number of amides is 1. The van der Waals surface area contributed by atoms with Crippen LogP contribution >= 0.6 is 11.3 Å². The van der Waals surface area contributed by atoms with E-state index in [-0.39, 0.29) is 12.5 Å². The molecule has 104 valence electrons. The third kappa shape index (κ3) is 4.20. The van der Waals surface area contributed by atoms with Crippen molar-refractivity contribution in [3.8, 4) is 0 Å². The number of nitrogens with one attached hydrogen (secondary N) is 2. The first kappa shape index (κ1) is 14.3. The first-order valence-corrected chi connectivity index (χ1v) is 7.15. The van der Waals surface area contributed by atoms with Crippen LogP contribution in [0.4, 0.5) is 5.69 Å². The second kappa shape index (κ2) is 6.86. The lowest BCUT2D eigenvalue weighted by Gasteiger charge is -2.05. The Morgan fingerprint density at radius 1 is 1.20 bits per heavy atom. The van der Waals surface area contributed by atoms with E-state index >= 15 is 0 Å². The molecule has 2 N–H and O–H groups in total. The van der Waals surface area contributed by atoms with Gasteiger partial charge in [-0.2, -0.15) is 5.10 Å². The fraction of sp³-hybridized carbons (Fsp3) is 0.200. The number of carbonyl (C=O) groups is 1. The number of anilines is 1. The van der Waals surface area contributed by atoms with Gasteiger partial charge in [0.2, 0.25) is 0 Å². The summed E-state index contributed by atoms with van der Waals surface area (Å²) >= 11 is 1.66. The molecular formula is C15H17N3OS. The number of nitrogens with zero attached hydrogens (tertiary/aromatic N) is 1. The van der Waals surface area contributed by atoms with E-state index < -0.39 is 0 Å². The zero-order valence-electron chi connectivity index (χ0n) is 11.5. The number of hydrogen-bond acceptors (Lipinski definition) is 4. The third-order valence-corrected chi connectivity index (χ3v) is 3.78. The molecule has 1 amide bonds. The van der Waals surface area contributed by atoms with Gasteiger partial charge in [0.15, 0.2) is 0 Å². The summed E-state index contributed by atoms with van der Waals surface area (Å²) in [6.07, 6.45) is 0. The highest BCUT2D eigenvalue weighted by Crippen LogP contribution is 2.15. The number of para-hydroxylation sites is 1. The van der Waals surface area contributed by atoms with E-state index in [9.17, 15) is 4.79 Å². The van der Waals surface area contributed by atoms with Gasteiger partial charge in [0.1, 0.15) is 0 Å². The van der Waals surface area contributed by atoms with Gasteiger partial charge in [0, 0.05) is 10.6 Å². The van der Waals surface area contributed by atoms with Crippen molar-refractivity contribution in [1.82, 2.24) is 5.43 Å². The third-order valence-electron chi connectivity index (χ3n) is 2.67. The summed E-state index contributed by atoms with van der Waals surface area (Å²) < 4.78 is 0. The summed E-state index contributed by atoms with van der Waals surface area (Å²) in [5, 5.41) is 7.14. The molecule has 5 heteroatoms. The average molecular weight is 287 g/mol. The molecule has 0 aliphatic carbocycles. The number of hydrazone groups is 1. The molecule has 2 rings (SSSR count). The Morgan fingerprint density at radius 2 is 1.95 bits per heavy atom. The van der Waals surface area contributed by atoms with Gasteiger partial charge in [-0.1, -0.05) is 18.2 Å². The molecule has 1 aromatic heterocycles. The molecule has 2 aromatic rings. The lowest BCUT2D eigenvalue weighted by Crippen LogP contribution is -2.26. The molecular weight excluding hydrogens is 270 g/mol. The van der Waals surface area contributed by atoms with E-state index in [1.165, 1.54) is 4.88 Å². The minimum Gasteiger partial charge on any atom is -0.376 e. The maximum absolute atomic E-state index is 11.7. The van der Waals surface area contributed by atoms with Crippen LogP contribution in [0, 0.1) is 6.92 Å². The van der Waals surface area contributed by atoms with Gasteiger partial charge in [-0.25, -0.2) is 5.43 Å². The molecule has 1 heterocycles. The van der Waals surface area contributed by atoms with Crippen molar-refractivity contribution in [3.63, 3.8) is 0 Å². The molecule has 0 unspecified atom stereocenters. The van der Waals surface area contributed by atoms with Gasteiger partial charge in [-0.05, 0) is 38.1 Å². The van der Waals surface area contributed by atoms with E-state index in [1.54, 1.807) is 11.3 Å². The smallest absolute Gasteiger partial charge is 0.259 e. The highest BCUT2D eigenvalue weighted by atomic mass is 32.1. The maximum Gasteiger partial charge on any atom is 0.259 e. The summed E-state index contributed by atoms with van der Waals surface area (Å²) in [6, 6.07) is 13.6. The van der Waals surface area contributed by atoms with Gasteiger partial charge >= 0.3 is 0 Å². The Bertz CT molecular complexity index is 605. The van der Waals surface area contributed by atoms with Crippen LogP contribution in [0.5, 0.6) is 0 Å². The fourth-order valence-electron chi connectivity index (χ4n) is 1.61. The van der Waals surface area contributed by atoms with Gasteiger partial charge in [0.05, 0.1) is 17.1 Å². The fourth-order valence-corrected chi connectivity index (χ4v) is 2.42. The van der Waals surface area contributed by atoms with Crippen molar-refractivity contribution in [2.45, 2.75) is 13.8 Å². The van der Waals surface area contributed by atoms with Crippen LogP contribution < -0.4 is 10.7 Å². The zero-order chi connectivity index (χ0) is 14.4. The van der Waals surface area contributed by atoms with E-state index in [0.29, 0.717) is 0 Å². The maximum atomic E-state index is 11.7. The van der Waals surface area contributed by atoms with Crippen LogP contribution in [0.15, 0.2) is 47.6 Å². The van der Waals surface area contributed by atoms with Crippen molar-refractivity contribution >= 4 is 28.6 Å². The SMILES string of the molecule is C/C(=N/NC(=O)CNc1ccccc1)c1ccc(C)s1. The molecule has 0 saturated carbocycles. The Hall–Kier alpha value is -2.14. The Morgan fingerprint density at radius 3 is 2.60 bits per heavy atom. The highest BCUT2D eigenvalue weighted by Gasteiger charge is 2.03. The molecule has 0 saturated heterocycles. The molecule has 0 spiro atoms. The predicted molar refractivity (Wildman–Crippen MR) is 84.3 cm³/mol. The molecule has 20 heavy (non-hydrogen) atoms. The molecule has 4 nitrogen and oxygen atoms in total. The molecule has 0 fully saturated rings. The Kier molecular flexibility index (Phi) is 4.90. The minimum absolute atomic E-state index is 0.165. The van der Waals surface area contributed by atoms with Gasteiger partial charge < -0.3 is 5.32 Å². The number of benzene rings is 1. The van der Waals surface area contributed by atoms with Crippen LogP contribution in [-0.4, -0.2) is 18.2 Å². The van der Waals surface area contributed by atoms with E-state index in [0.717, 1.165) is 16.3 Å². The second-order valence-corrected chi connectivity index (χ2v) is 5.65. The van der Waals surface area contributed by atoms with Crippen molar-refractivity contribution in [3.05, 3.63) is 52.2 Å². The van der Waals surface area contributed by atoms with Crippen LogP contribution in [0.3, 0.4) is 0 Å². The van der Waals surface area contributed by atoms with Crippen LogP contribution in [-0.2, 0) is 4.79 Å². The normalized spacial score (nSPS) is 11.2. The number of hydrogen-bond donors (Lipinski definition) is 2. The largest absolute Gasteiger partial charge is 0.376 e. The first-order chi connectivity index (χ1) is 9.65. The number of aryl methyl sites for hydroxylation is 1. The summed E-state index contributed by atoms with van der Waals surface area (Å²) in [5.74, 6) is -0.165. The number of carbonyl (C=O) groups excluding carboxylic acids is 1. The monoisotopic (exact) mass is 287 g/mol. The molecule has 0 atom stereocenters. The average Bonchev–Trinajstić information content (AvgIpc) is 2.90. The molecule has 0 aliphatic rings. The molecule has 0 bridgehead atoms. The lowest BCUT2D eigenvalue weighted by atomic mass is 10.3. The van der Waals surface area contributed by atoms with Gasteiger partial charge in [-0.15, -0.1) is 11.3 Å². The first-order valence-electron chi connectivity index (χ1n) is 6.34. The van der Waals surface area contributed by atoms with Crippen molar-refractivity contribution < 1.29 is 4.79 Å². The minimum atomic E-state index is -0.165. The number of rotatable bonds is 5. The molecule has 0 aliphatic heterocycles. The summed E-state index contributed by atoms with van der Waals surface area (Å²) in [5.41, 5.74) is 4.28. The zero-order valence-corrected chi connectivity index (χ0v) is 12.3. The Labute approximate surface area is 122 Å². The summed E-state index contributed by atoms with van der Waals surface area (Å²) in [6.45, 7) is 4.13. The quantitative estimate of drug-likeness (QED) is 0.656. The van der Waals surface area contributed by atoms with Gasteiger partial charge in [0.25, 0.3) is 5.91 Å². The van der Waals surface area contributed by atoms with Crippen molar-refractivity contribution in [1.29, 1.82) is 0 Å². The van der Waals surface area contributed by atoms with Crippen LogP contribution in [0.25, 0.3) is 0 Å². The van der Waals surface area contributed by atoms with E-state index in [1.807, 2.05) is 56.3 Å². The molecule has 1 aromatic carbocycles. The van der Waals surface area contributed by atoms with E-state index in [4.69, 9.17) is 0 Å². The molecule has 0 radical (unpaired) electrons. The topological polar surface area (TPSA) is 53.5 Å². The van der Waals surface area contributed by atoms with Gasteiger partial charge in [-0.3, -0.25) is 4.79 Å². The standard InChI is InChI=1S/C15H17N3OS/c1-11-8-9-14(20-11)12(2)17-18-15(19)10-16-13-6-4-3-5-7-13/h3-9,16H,10H2,1-2H3,(H,18,19)/b17-12-. The predicted octanol–water partition coefficient (Wildman–Crippen LogP) is 3.01. The number of thiophene rings is 1. The summed E-state index contributed by atoms with van der Waals surface area (Å²) in [4.78, 5) is 14.0. The summed E-state index contributed by atoms with van der Waals surface area (Å²) in [7, 11) is 0. The van der Waals surface area contributed by atoms with Crippen LogP contribution in [0.1, 0.15) is 16.7 Å². The Balaban J connectivity index is 1.83. The van der Waals surface area contributed by atoms with Crippen LogP contribution in [0.2, 0.25) is 0 Å². The van der Waals surface area contributed by atoms with Crippen molar-refractivity contribution in [2.75, 3.05) is 11.9 Å².